The van der Waals surface area contributed by atoms with Gasteiger partial charge in [-0.3, -0.25) is 4.79 Å². The topological polar surface area (TPSA) is 61.8 Å². The summed E-state index contributed by atoms with van der Waals surface area (Å²) in [5, 5.41) is 12.3. The minimum atomic E-state index is -0.442. The number of halogens is 1. The molecule has 1 amide bonds. The minimum absolute atomic E-state index is 0.168. The fraction of sp³-hybridized carbons (Fsp3) is 0.533. The monoisotopic (exact) mass is 296 g/mol. The lowest BCUT2D eigenvalue weighted by atomic mass is 10.1. The number of benzene rings is 1. The molecule has 1 aromatic rings. The minimum Gasteiger partial charge on any atom is -0.394 e. The van der Waals surface area contributed by atoms with Crippen molar-refractivity contribution in [3.63, 3.8) is 0 Å². The highest BCUT2D eigenvalue weighted by Gasteiger charge is 2.29. The summed E-state index contributed by atoms with van der Waals surface area (Å²) < 4.78 is 19.2. The normalized spacial score (nSPS) is 18.6. The molecular weight excluding hydrogens is 275 g/mol. The molecule has 2 rings (SSSR count). The first kappa shape index (κ1) is 15.7. The van der Waals surface area contributed by atoms with Gasteiger partial charge in [-0.15, -0.1) is 0 Å². The predicted octanol–water partition coefficient (Wildman–Crippen LogP) is 1.48. The maximum absolute atomic E-state index is 14.0. The molecule has 1 aromatic carbocycles. The summed E-state index contributed by atoms with van der Waals surface area (Å²) in [5.41, 5.74) is 0.524. The van der Waals surface area contributed by atoms with Crippen molar-refractivity contribution in [2.75, 3.05) is 38.2 Å². The van der Waals surface area contributed by atoms with Crippen molar-refractivity contribution in [1.82, 2.24) is 4.90 Å². The van der Waals surface area contributed by atoms with Crippen molar-refractivity contribution >= 4 is 11.6 Å². The van der Waals surface area contributed by atoms with Crippen LogP contribution >= 0.6 is 0 Å². The Hall–Kier alpha value is -1.66. The standard InChI is InChI=1S/C15H21FN2O3/c1-2-6-17-14-12(4-3-5-13(14)16)15(20)18-7-8-21-10-11(18)9-19/h3-5,11,17,19H,2,6-10H2,1H3. The quantitative estimate of drug-likeness (QED) is 0.864. The fourth-order valence-corrected chi connectivity index (χ4v) is 2.36. The van der Waals surface area contributed by atoms with E-state index in [4.69, 9.17) is 4.74 Å². The van der Waals surface area contributed by atoms with Crippen LogP contribution in [0.4, 0.5) is 10.1 Å². The highest BCUT2D eigenvalue weighted by atomic mass is 19.1. The van der Waals surface area contributed by atoms with Crippen LogP contribution in [0.1, 0.15) is 23.7 Å². The Morgan fingerprint density at radius 2 is 2.38 bits per heavy atom. The van der Waals surface area contributed by atoms with Gasteiger partial charge in [0.1, 0.15) is 5.82 Å². The van der Waals surface area contributed by atoms with Crippen LogP contribution in [0.3, 0.4) is 0 Å². The number of carbonyl (C=O) groups excluding carboxylic acids is 1. The number of morpholine rings is 1. The van der Waals surface area contributed by atoms with Crippen LogP contribution in [-0.2, 0) is 4.74 Å². The second-order valence-electron chi connectivity index (χ2n) is 5.00. The van der Waals surface area contributed by atoms with E-state index in [-0.39, 0.29) is 24.2 Å². The largest absolute Gasteiger partial charge is 0.394 e. The number of para-hydroxylation sites is 1. The SMILES string of the molecule is CCCNc1c(F)cccc1C(=O)N1CCOCC1CO. The molecule has 5 nitrogen and oxygen atoms in total. The molecule has 6 heteroatoms. The molecule has 0 saturated carbocycles. The Labute approximate surface area is 123 Å². The Morgan fingerprint density at radius 3 is 3.10 bits per heavy atom. The first-order chi connectivity index (χ1) is 10.2. The highest BCUT2D eigenvalue weighted by Crippen LogP contribution is 2.23. The summed E-state index contributed by atoms with van der Waals surface area (Å²) in [6.07, 6.45) is 0.832. The molecule has 0 spiro atoms. The zero-order valence-corrected chi connectivity index (χ0v) is 12.1. The van der Waals surface area contributed by atoms with Gasteiger partial charge in [0.2, 0.25) is 0 Å². The smallest absolute Gasteiger partial charge is 0.256 e. The van der Waals surface area contributed by atoms with E-state index in [1.807, 2.05) is 6.92 Å². The van der Waals surface area contributed by atoms with E-state index in [1.54, 1.807) is 11.0 Å². The number of carbonyl (C=O) groups is 1. The summed E-state index contributed by atoms with van der Waals surface area (Å²) >= 11 is 0. The lowest BCUT2D eigenvalue weighted by Crippen LogP contribution is -2.50. The van der Waals surface area contributed by atoms with Gasteiger partial charge < -0.3 is 20.1 Å². The number of rotatable bonds is 5. The van der Waals surface area contributed by atoms with Crippen LogP contribution in [-0.4, -0.2) is 54.9 Å². The Kier molecular flexibility index (Phi) is 5.52. The molecule has 2 N–H and O–H groups in total. The summed E-state index contributed by atoms with van der Waals surface area (Å²) in [6.45, 7) is 3.52. The molecule has 21 heavy (non-hydrogen) atoms. The number of anilines is 1. The summed E-state index contributed by atoms with van der Waals surface area (Å²) in [7, 11) is 0. The van der Waals surface area contributed by atoms with E-state index in [0.717, 1.165) is 6.42 Å². The average molecular weight is 296 g/mol. The first-order valence-corrected chi connectivity index (χ1v) is 7.21. The van der Waals surface area contributed by atoms with Crippen molar-refractivity contribution < 1.29 is 19.0 Å². The number of amides is 1. The van der Waals surface area contributed by atoms with Gasteiger partial charge in [-0.05, 0) is 18.6 Å². The highest BCUT2D eigenvalue weighted by molar-refractivity contribution is 6.00. The third kappa shape index (κ3) is 3.51. The molecule has 1 heterocycles. The Morgan fingerprint density at radius 1 is 1.57 bits per heavy atom. The zero-order valence-electron chi connectivity index (χ0n) is 12.1. The summed E-state index contributed by atoms with van der Waals surface area (Å²) in [5.74, 6) is -0.724. The molecule has 1 fully saturated rings. The number of ether oxygens (including phenoxy) is 1. The van der Waals surface area contributed by atoms with Gasteiger partial charge in [0.25, 0.3) is 5.91 Å². The number of hydrogen-bond acceptors (Lipinski definition) is 4. The molecular formula is C15H21FN2O3. The second kappa shape index (κ2) is 7.38. The predicted molar refractivity (Wildman–Crippen MR) is 77.9 cm³/mol. The third-order valence-electron chi connectivity index (χ3n) is 3.49. The first-order valence-electron chi connectivity index (χ1n) is 7.21. The Balaban J connectivity index is 2.27. The van der Waals surface area contributed by atoms with Gasteiger partial charge in [0.15, 0.2) is 0 Å². The van der Waals surface area contributed by atoms with Gasteiger partial charge in [-0.2, -0.15) is 0 Å². The van der Waals surface area contributed by atoms with Gasteiger partial charge in [0, 0.05) is 13.1 Å². The number of aliphatic hydroxyl groups is 1. The molecule has 116 valence electrons. The van der Waals surface area contributed by atoms with Crippen molar-refractivity contribution in [2.45, 2.75) is 19.4 Å². The molecule has 0 aromatic heterocycles. The van der Waals surface area contributed by atoms with Crippen molar-refractivity contribution in [3.8, 4) is 0 Å². The van der Waals surface area contributed by atoms with Crippen LogP contribution in [0.5, 0.6) is 0 Å². The third-order valence-corrected chi connectivity index (χ3v) is 3.49. The van der Waals surface area contributed by atoms with Crippen molar-refractivity contribution in [1.29, 1.82) is 0 Å². The van der Waals surface area contributed by atoms with Gasteiger partial charge >= 0.3 is 0 Å². The van der Waals surface area contributed by atoms with Gasteiger partial charge in [-0.25, -0.2) is 4.39 Å². The van der Waals surface area contributed by atoms with E-state index in [2.05, 4.69) is 5.32 Å². The van der Waals surface area contributed by atoms with Crippen LogP contribution in [0.2, 0.25) is 0 Å². The lowest BCUT2D eigenvalue weighted by Gasteiger charge is -2.35. The molecule has 0 radical (unpaired) electrons. The van der Waals surface area contributed by atoms with Crippen molar-refractivity contribution in [2.24, 2.45) is 0 Å². The number of hydrogen-bond donors (Lipinski definition) is 2. The van der Waals surface area contributed by atoms with Crippen molar-refractivity contribution in [3.05, 3.63) is 29.6 Å². The zero-order chi connectivity index (χ0) is 15.2. The van der Waals surface area contributed by atoms with E-state index in [1.165, 1.54) is 12.1 Å². The van der Waals surface area contributed by atoms with E-state index in [9.17, 15) is 14.3 Å². The maximum atomic E-state index is 14.0. The van der Waals surface area contributed by atoms with Crippen LogP contribution in [0, 0.1) is 5.82 Å². The Bertz CT molecular complexity index is 496. The molecule has 1 aliphatic heterocycles. The van der Waals surface area contributed by atoms with Gasteiger partial charge in [-0.1, -0.05) is 13.0 Å². The molecule has 1 saturated heterocycles. The summed E-state index contributed by atoms with van der Waals surface area (Å²) in [4.78, 5) is 14.2. The van der Waals surface area contributed by atoms with Crippen LogP contribution in [0.25, 0.3) is 0 Å². The van der Waals surface area contributed by atoms with E-state index >= 15 is 0 Å². The molecule has 0 aliphatic carbocycles. The molecule has 0 bridgehead atoms. The fourth-order valence-electron chi connectivity index (χ4n) is 2.36. The summed E-state index contributed by atoms with van der Waals surface area (Å²) in [6, 6.07) is 4.08. The van der Waals surface area contributed by atoms with E-state index in [0.29, 0.717) is 31.9 Å². The van der Waals surface area contributed by atoms with Crippen LogP contribution in [0.15, 0.2) is 18.2 Å². The van der Waals surface area contributed by atoms with Crippen LogP contribution < -0.4 is 5.32 Å². The molecule has 1 aliphatic rings. The number of aliphatic hydroxyl groups excluding tert-OH is 1. The lowest BCUT2D eigenvalue weighted by molar-refractivity contribution is -0.0183. The maximum Gasteiger partial charge on any atom is 0.256 e. The molecule has 1 atom stereocenters. The van der Waals surface area contributed by atoms with Gasteiger partial charge in [0.05, 0.1) is 37.1 Å². The average Bonchev–Trinajstić information content (AvgIpc) is 2.52. The van der Waals surface area contributed by atoms with E-state index < -0.39 is 5.82 Å². The second-order valence-corrected chi connectivity index (χ2v) is 5.00. The number of nitrogens with zero attached hydrogens (tertiary/aromatic N) is 1. The molecule has 1 unspecified atom stereocenters. The number of nitrogens with one attached hydrogen (secondary N) is 1.